The van der Waals surface area contributed by atoms with Crippen LogP contribution in [0.5, 0.6) is 0 Å². The molecule has 0 saturated carbocycles. The maximum atomic E-state index is 14.1. The topological polar surface area (TPSA) is 91.0 Å². The highest BCUT2D eigenvalue weighted by Gasteiger charge is 2.31. The fourth-order valence-corrected chi connectivity index (χ4v) is 4.17. The SMILES string of the molecule is O=C(NCc1ccccc1)[C@H]1CCCN1c1ccc2nc(-c3ccccc3F)[nH]c(=O)c2n1. The number of aromatic nitrogens is 3. The van der Waals surface area contributed by atoms with Crippen molar-refractivity contribution in [3.8, 4) is 11.4 Å². The molecule has 0 unspecified atom stereocenters. The van der Waals surface area contributed by atoms with Crippen LogP contribution in [-0.2, 0) is 11.3 Å². The number of halogens is 1. The summed E-state index contributed by atoms with van der Waals surface area (Å²) in [4.78, 5) is 39.1. The minimum absolute atomic E-state index is 0.0693. The second kappa shape index (κ2) is 8.82. The number of carbonyl (C=O) groups is 1. The Labute approximate surface area is 189 Å². The Balaban J connectivity index is 1.40. The smallest absolute Gasteiger partial charge is 0.277 e. The molecule has 1 aliphatic rings. The van der Waals surface area contributed by atoms with Gasteiger partial charge in [-0.2, -0.15) is 0 Å². The second-order valence-electron chi connectivity index (χ2n) is 7.99. The molecule has 4 aromatic rings. The molecule has 1 atom stereocenters. The summed E-state index contributed by atoms with van der Waals surface area (Å²) in [6, 6.07) is 19.0. The van der Waals surface area contributed by atoms with E-state index in [9.17, 15) is 14.0 Å². The average Bonchev–Trinajstić information content (AvgIpc) is 3.33. The minimum atomic E-state index is -0.467. The Morgan fingerprint density at radius 3 is 2.67 bits per heavy atom. The van der Waals surface area contributed by atoms with E-state index in [0.717, 1.165) is 12.0 Å². The lowest BCUT2D eigenvalue weighted by molar-refractivity contribution is -0.122. The molecule has 7 nitrogen and oxygen atoms in total. The van der Waals surface area contributed by atoms with Gasteiger partial charge in [0, 0.05) is 13.1 Å². The Morgan fingerprint density at radius 2 is 1.85 bits per heavy atom. The zero-order valence-corrected chi connectivity index (χ0v) is 17.8. The summed E-state index contributed by atoms with van der Waals surface area (Å²) in [7, 11) is 0. The molecule has 0 aliphatic carbocycles. The van der Waals surface area contributed by atoms with Gasteiger partial charge in [-0.3, -0.25) is 9.59 Å². The zero-order valence-electron chi connectivity index (χ0n) is 17.8. The van der Waals surface area contributed by atoms with Crippen LogP contribution in [0, 0.1) is 5.82 Å². The number of anilines is 1. The fraction of sp³-hybridized carbons (Fsp3) is 0.200. The predicted octanol–water partition coefficient (Wildman–Crippen LogP) is 3.41. The number of benzene rings is 2. The van der Waals surface area contributed by atoms with E-state index in [-0.39, 0.29) is 28.9 Å². The number of carbonyl (C=O) groups excluding carboxylic acids is 1. The van der Waals surface area contributed by atoms with E-state index in [1.54, 1.807) is 30.3 Å². The molecule has 33 heavy (non-hydrogen) atoms. The van der Waals surface area contributed by atoms with Crippen molar-refractivity contribution in [3.05, 3.63) is 88.5 Å². The quantitative estimate of drug-likeness (QED) is 0.493. The molecule has 2 aromatic heterocycles. The van der Waals surface area contributed by atoms with Crippen molar-refractivity contribution in [1.29, 1.82) is 0 Å². The first-order chi connectivity index (χ1) is 16.1. The molecule has 8 heteroatoms. The molecule has 5 rings (SSSR count). The Bertz CT molecular complexity index is 1370. The summed E-state index contributed by atoms with van der Waals surface area (Å²) in [5.74, 6) is 0.163. The average molecular weight is 443 g/mol. The van der Waals surface area contributed by atoms with Crippen LogP contribution in [0.25, 0.3) is 22.4 Å². The maximum Gasteiger partial charge on any atom is 0.277 e. The molecule has 166 valence electrons. The number of hydrogen-bond acceptors (Lipinski definition) is 5. The van der Waals surface area contributed by atoms with Crippen LogP contribution in [0.15, 0.2) is 71.5 Å². The van der Waals surface area contributed by atoms with Gasteiger partial charge in [-0.15, -0.1) is 0 Å². The molecule has 1 aliphatic heterocycles. The summed E-state index contributed by atoms with van der Waals surface area (Å²) < 4.78 is 14.1. The Kier molecular flexibility index (Phi) is 5.56. The lowest BCUT2D eigenvalue weighted by Crippen LogP contribution is -2.43. The van der Waals surface area contributed by atoms with E-state index in [2.05, 4.69) is 20.3 Å². The highest BCUT2D eigenvalue weighted by Crippen LogP contribution is 2.26. The third kappa shape index (κ3) is 4.19. The van der Waals surface area contributed by atoms with E-state index in [1.165, 1.54) is 6.07 Å². The van der Waals surface area contributed by atoms with Gasteiger partial charge in [-0.05, 0) is 42.7 Å². The van der Waals surface area contributed by atoms with E-state index in [4.69, 9.17) is 0 Å². The number of nitrogens with zero attached hydrogens (tertiary/aromatic N) is 3. The Morgan fingerprint density at radius 1 is 1.06 bits per heavy atom. The standard InChI is InChI=1S/C25H22FN5O2/c26-18-10-5-4-9-17(18)23-28-19-12-13-21(29-22(19)25(33)30-23)31-14-6-11-20(31)24(32)27-15-16-7-2-1-3-8-16/h1-5,7-10,12-13,20H,6,11,14-15H2,(H,27,32)(H,28,30,33)/t20-/m1/s1. The molecule has 0 spiro atoms. The van der Waals surface area contributed by atoms with Gasteiger partial charge in [0.2, 0.25) is 5.91 Å². The zero-order chi connectivity index (χ0) is 22.8. The fourth-order valence-electron chi connectivity index (χ4n) is 4.17. The third-order valence-corrected chi connectivity index (χ3v) is 5.83. The van der Waals surface area contributed by atoms with Gasteiger partial charge in [0.1, 0.15) is 23.5 Å². The third-order valence-electron chi connectivity index (χ3n) is 5.83. The second-order valence-corrected chi connectivity index (χ2v) is 7.99. The van der Waals surface area contributed by atoms with Crippen LogP contribution in [0.4, 0.5) is 10.2 Å². The predicted molar refractivity (Wildman–Crippen MR) is 124 cm³/mol. The van der Waals surface area contributed by atoms with Crippen molar-refractivity contribution in [2.45, 2.75) is 25.4 Å². The molecule has 1 amide bonds. The summed E-state index contributed by atoms with van der Waals surface area (Å²) in [5, 5.41) is 3.00. The van der Waals surface area contributed by atoms with Crippen LogP contribution in [-0.4, -0.2) is 33.4 Å². The molecule has 2 N–H and O–H groups in total. The van der Waals surface area contributed by atoms with Crippen LogP contribution in [0.2, 0.25) is 0 Å². The van der Waals surface area contributed by atoms with Crippen molar-refractivity contribution >= 4 is 22.8 Å². The van der Waals surface area contributed by atoms with Crippen molar-refractivity contribution < 1.29 is 9.18 Å². The maximum absolute atomic E-state index is 14.1. The summed E-state index contributed by atoms with van der Waals surface area (Å²) >= 11 is 0. The molecular formula is C25H22FN5O2. The number of aromatic amines is 1. The van der Waals surface area contributed by atoms with E-state index in [0.29, 0.717) is 30.8 Å². The van der Waals surface area contributed by atoms with Crippen molar-refractivity contribution in [2.24, 2.45) is 0 Å². The first kappa shape index (κ1) is 20.8. The number of nitrogens with one attached hydrogen (secondary N) is 2. The lowest BCUT2D eigenvalue weighted by atomic mass is 10.2. The van der Waals surface area contributed by atoms with Gasteiger partial charge in [-0.25, -0.2) is 14.4 Å². The number of amides is 1. The number of rotatable bonds is 5. The summed E-state index contributed by atoms with van der Waals surface area (Å²) in [6.07, 6.45) is 1.56. The van der Waals surface area contributed by atoms with Crippen molar-refractivity contribution in [3.63, 3.8) is 0 Å². The van der Waals surface area contributed by atoms with Crippen LogP contribution < -0.4 is 15.8 Å². The van der Waals surface area contributed by atoms with Gasteiger partial charge in [0.25, 0.3) is 5.56 Å². The monoisotopic (exact) mass is 443 g/mol. The molecule has 0 radical (unpaired) electrons. The normalized spacial score (nSPS) is 15.7. The van der Waals surface area contributed by atoms with E-state index < -0.39 is 11.4 Å². The van der Waals surface area contributed by atoms with Crippen molar-refractivity contribution in [1.82, 2.24) is 20.3 Å². The summed E-state index contributed by atoms with van der Waals surface area (Å²) in [5.41, 5.74) is 1.31. The first-order valence-electron chi connectivity index (χ1n) is 10.8. The highest BCUT2D eigenvalue weighted by atomic mass is 19.1. The van der Waals surface area contributed by atoms with Gasteiger partial charge in [0.15, 0.2) is 5.52 Å². The van der Waals surface area contributed by atoms with Crippen molar-refractivity contribution in [2.75, 3.05) is 11.4 Å². The number of H-pyrrole nitrogens is 1. The molecule has 2 aromatic carbocycles. The highest BCUT2D eigenvalue weighted by molar-refractivity contribution is 5.86. The van der Waals surface area contributed by atoms with Crippen LogP contribution >= 0.6 is 0 Å². The summed E-state index contributed by atoms with van der Waals surface area (Å²) in [6.45, 7) is 1.12. The van der Waals surface area contributed by atoms with Gasteiger partial charge >= 0.3 is 0 Å². The molecule has 3 heterocycles. The van der Waals surface area contributed by atoms with Gasteiger partial charge in [0.05, 0.1) is 11.1 Å². The van der Waals surface area contributed by atoms with Gasteiger partial charge in [-0.1, -0.05) is 42.5 Å². The van der Waals surface area contributed by atoms with Gasteiger partial charge < -0.3 is 15.2 Å². The number of hydrogen-bond donors (Lipinski definition) is 2. The number of pyridine rings is 1. The van der Waals surface area contributed by atoms with E-state index in [1.807, 2.05) is 35.2 Å². The lowest BCUT2D eigenvalue weighted by Gasteiger charge is -2.25. The largest absolute Gasteiger partial charge is 0.350 e. The molecular weight excluding hydrogens is 421 g/mol. The van der Waals surface area contributed by atoms with Crippen LogP contribution in [0.1, 0.15) is 18.4 Å². The van der Waals surface area contributed by atoms with Crippen LogP contribution in [0.3, 0.4) is 0 Å². The first-order valence-corrected chi connectivity index (χ1v) is 10.8. The molecule has 1 saturated heterocycles. The minimum Gasteiger partial charge on any atom is -0.350 e. The van der Waals surface area contributed by atoms with E-state index >= 15 is 0 Å². The number of fused-ring (bicyclic) bond motifs is 1. The molecule has 0 bridgehead atoms. The molecule has 1 fully saturated rings. The Hall–Kier alpha value is -4.07.